The molecule has 4 heterocycles. The van der Waals surface area contributed by atoms with Gasteiger partial charge in [0.15, 0.2) is 0 Å². The molecule has 10 aromatic rings. The fourth-order valence-electron chi connectivity index (χ4n) is 7.68. The fourth-order valence-corrected chi connectivity index (χ4v) is 10.3. The Kier molecular flexibility index (Phi) is 7.31. The van der Waals surface area contributed by atoms with Gasteiger partial charge in [0.1, 0.15) is 22.5 Å². The van der Waals surface area contributed by atoms with Crippen molar-refractivity contribution in [2.75, 3.05) is 4.67 Å². The first kappa shape index (κ1) is 31.0. The third kappa shape index (κ3) is 4.91. The molecule has 10 rings (SSSR count). The summed E-state index contributed by atoms with van der Waals surface area (Å²) in [5.74, 6) is 1.36. The topological polar surface area (TPSA) is 56.0 Å². The van der Waals surface area contributed by atoms with Crippen molar-refractivity contribution in [2.45, 2.75) is 0 Å². The molecule has 0 spiro atoms. The molecule has 0 bridgehead atoms. The van der Waals surface area contributed by atoms with Crippen molar-refractivity contribution in [3.05, 3.63) is 194 Å². The summed E-state index contributed by atoms with van der Waals surface area (Å²) in [7, 11) is -3.89. The van der Waals surface area contributed by atoms with Gasteiger partial charge in [-0.1, -0.05) is 121 Å². The number of anilines is 2. The minimum Gasteiger partial charge on any atom is -0.294 e. The van der Waals surface area contributed by atoms with Crippen LogP contribution in [0.3, 0.4) is 0 Å². The number of rotatable bonds is 7. The summed E-state index contributed by atoms with van der Waals surface area (Å²) in [5, 5.41) is 4.53. The van der Waals surface area contributed by atoms with E-state index in [1.54, 1.807) is 0 Å². The molecule has 0 unspecified atom stereocenters. The van der Waals surface area contributed by atoms with Gasteiger partial charge in [-0.15, -0.1) is 0 Å². The lowest BCUT2D eigenvalue weighted by atomic mass is 10.2. The third-order valence-corrected chi connectivity index (χ3v) is 12.7. The molecule has 7 heteroatoms. The van der Waals surface area contributed by atoms with Crippen molar-refractivity contribution >= 4 is 73.1 Å². The Bertz CT molecular complexity index is 2700. The Hall–Kier alpha value is -6.75. The minimum atomic E-state index is -3.89. The zero-order valence-corrected chi connectivity index (χ0v) is 29.5. The van der Waals surface area contributed by atoms with Crippen molar-refractivity contribution in [3.8, 4) is 11.6 Å². The minimum absolute atomic E-state index is 0.427. The van der Waals surface area contributed by atoms with Crippen LogP contribution < -0.4 is 15.5 Å². The van der Waals surface area contributed by atoms with Crippen molar-refractivity contribution in [2.24, 2.45) is 0 Å². The van der Waals surface area contributed by atoms with Crippen molar-refractivity contribution in [1.82, 2.24) is 19.1 Å². The van der Waals surface area contributed by atoms with Gasteiger partial charge in [0, 0.05) is 32.9 Å². The highest BCUT2D eigenvalue weighted by molar-refractivity contribution is 7.80. The van der Waals surface area contributed by atoms with Crippen LogP contribution in [0, 0.1) is 0 Å². The molecule has 0 aliphatic heterocycles. The quantitative estimate of drug-likeness (QED) is 0.155. The SMILES string of the molecule is O=P(c1cccc(-n2c3ccccc3c3ccccc32)n1)(c1cccc(-n2c3ccccc3c3ccccc32)n1)N(c1ccccc1)c1ccccc1. The van der Waals surface area contributed by atoms with E-state index >= 15 is 4.57 Å². The lowest BCUT2D eigenvalue weighted by Gasteiger charge is -2.33. The van der Waals surface area contributed by atoms with E-state index in [9.17, 15) is 0 Å². The van der Waals surface area contributed by atoms with Gasteiger partial charge < -0.3 is 0 Å². The van der Waals surface area contributed by atoms with Crippen LogP contribution in [0.2, 0.25) is 0 Å². The maximum Gasteiger partial charge on any atom is 0.269 e. The number of fused-ring (bicyclic) bond motifs is 6. The number of hydrogen-bond acceptors (Lipinski definition) is 3. The average molecular weight is 702 g/mol. The Morgan fingerprint density at radius 3 is 1.04 bits per heavy atom. The summed E-state index contributed by atoms with van der Waals surface area (Å²) in [5.41, 5.74) is 6.52. The van der Waals surface area contributed by atoms with Gasteiger partial charge in [0.2, 0.25) is 0 Å². The Morgan fingerprint density at radius 1 is 0.358 bits per heavy atom. The predicted molar refractivity (Wildman–Crippen MR) is 219 cm³/mol. The van der Waals surface area contributed by atoms with Gasteiger partial charge in [-0.05, 0) is 72.8 Å². The normalized spacial score (nSPS) is 11.8. The van der Waals surface area contributed by atoms with E-state index in [1.807, 2.05) is 126 Å². The summed E-state index contributed by atoms with van der Waals surface area (Å²) in [6, 6.07) is 64.9. The molecular weight excluding hydrogens is 670 g/mol. The largest absolute Gasteiger partial charge is 0.294 e. The smallest absolute Gasteiger partial charge is 0.269 e. The van der Waals surface area contributed by atoms with Crippen LogP contribution in [0.25, 0.3) is 55.2 Å². The molecule has 0 atom stereocenters. The van der Waals surface area contributed by atoms with Gasteiger partial charge in [0.25, 0.3) is 7.29 Å². The Balaban J connectivity index is 1.26. The second-order valence-corrected chi connectivity index (χ2v) is 15.5. The van der Waals surface area contributed by atoms with Crippen LogP contribution >= 0.6 is 7.29 Å². The molecule has 0 aliphatic carbocycles. The first-order chi connectivity index (χ1) is 26.2. The summed E-state index contributed by atoms with van der Waals surface area (Å²) >= 11 is 0. The van der Waals surface area contributed by atoms with E-state index in [4.69, 9.17) is 9.97 Å². The average Bonchev–Trinajstić information content (AvgIpc) is 3.75. The second-order valence-electron chi connectivity index (χ2n) is 13.0. The molecule has 53 heavy (non-hydrogen) atoms. The van der Waals surface area contributed by atoms with Crippen LogP contribution in [-0.4, -0.2) is 19.1 Å². The zero-order chi connectivity index (χ0) is 35.4. The molecule has 0 radical (unpaired) electrons. The first-order valence-corrected chi connectivity index (χ1v) is 19.3. The standard InChI is InChI=1S/C46H32N5OP/c52-53(51(33-17-3-1-4-18-33)34-19-5-2-6-20-34,45-31-15-29-43(47-45)49-39-25-11-7-21-35(39)36-22-8-12-26-40(36)49)46-32-16-30-44(48-46)50-41-27-13-9-23-37(41)38-24-10-14-28-42(38)50/h1-32H. The summed E-state index contributed by atoms with van der Waals surface area (Å²) < 4.78 is 23.1. The van der Waals surface area contributed by atoms with E-state index < -0.39 is 7.29 Å². The van der Waals surface area contributed by atoms with Gasteiger partial charge in [-0.3, -0.25) is 18.4 Å². The van der Waals surface area contributed by atoms with E-state index in [0.717, 1.165) is 55.0 Å². The van der Waals surface area contributed by atoms with Crippen LogP contribution in [0.1, 0.15) is 0 Å². The van der Waals surface area contributed by atoms with Gasteiger partial charge in [-0.2, -0.15) is 0 Å². The summed E-state index contributed by atoms with van der Waals surface area (Å²) in [6.07, 6.45) is 0. The highest BCUT2D eigenvalue weighted by Gasteiger charge is 2.40. The van der Waals surface area contributed by atoms with E-state index in [-0.39, 0.29) is 0 Å². The second kappa shape index (κ2) is 12.5. The maximum atomic E-state index is 16.8. The Labute approximate surface area is 306 Å². The summed E-state index contributed by atoms with van der Waals surface area (Å²) in [4.78, 5) is 10.7. The zero-order valence-electron chi connectivity index (χ0n) is 28.6. The molecule has 4 aromatic heterocycles. The highest BCUT2D eigenvalue weighted by Crippen LogP contribution is 2.54. The molecule has 0 N–H and O–H groups in total. The van der Waals surface area contributed by atoms with E-state index in [2.05, 4.69) is 81.9 Å². The van der Waals surface area contributed by atoms with Crippen molar-refractivity contribution in [3.63, 3.8) is 0 Å². The molecule has 0 saturated carbocycles. The van der Waals surface area contributed by atoms with Gasteiger partial charge in [-0.25, -0.2) is 9.97 Å². The van der Waals surface area contributed by atoms with Gasteiger partial charge in [0.05, 0.1) is 22.1 Å². The number of para-hydroxylation sites is 6. The molecule has 0 fully saturated rings. The molecule has 6 nitrogen and oxygen atoms in total. The molecule has 0 saturated heterocycles. The monoisotopic (exact) mass is 701 g/mol. The molecule has 0 amide bonds. The number of benzene rings is 6. The first-order valence-electron chi connectivity index (χ1n) is 17.6. The molecule has 0 aliphatic rings. The van der Waals surface area contributed by atoms with Crippen molar-refractivity contribution < 1.29 is 4.57 Å². The van der Waals surface area contributed by atoms with Crippen LogP contribution in [0.4, 0.5) is 11.4 Å². The van der Waals surface area contributed by atoms with Gasteiger partial charge >= 0.3 is 0 Å². The molecule has 252 valence electrons. The maximum absolute atomic E-state index is 16.8. The lowest BCUT2D eigenvalue weighted by molar-refractivity contribution is 0.586. The van der Waals surface area contributed by atoms with Crippen LogP contribution in [0.5, 0.6) is 0 Å². The molecular formula is C46H32N5OP. The summed E-state index contributed by atoms with van der Waals surface area (Å²) in [6.45, 7) is 0. The third-order valence-electron chi connectivity index (χ3n) is 9.96. The lowest BCUT2D eigenvalue weighted by Crippen LogP contribution is -2.33. The Morgan fingerprint density at radius 2 is 0.679 bits per heavy atom. The fraction of sp³-hybridized carbons (Fsp3) is 0. The number of aromatic nitrogens is 4. The van der Waals surface area contributed by atoms with Crippen molar-refractivity contribution in [1.29, 1.82) is 0 Å². The number of pyridine rings is 2. The van der Waals surface area contributed by atoms with E-state index in [1.165, 1.54) is 0 Å². The number of nitrogens with zero attached hydrogens (tertiary/aromatic N) is 5. The van der Waals surface area contributed by atoms with Crippen LogP contribution in [0.15, 0.2) is 194 Å². The number of hydrogen-bond donors (Lipinski definition) is 0. The highest BCUT2D eigenvalue weighted by atomic mass is 31.2. The molecule has 6 aromatic carbocycles. The van der Waals surface area contributed by atoms with Crippen LogP contribution in [-0.2, 0) is 4.57 Å². The predicted octanol–water partition coefficient (Wildman–Crippen LogP) is 10.7. The van der Waals surface area contributed by atoms with E-state index in [0.29, 0.717) is 22.5 Å².